The summed E-state index contributed by atoms with van der Waals surface area (Å²) in [7, 11) is 0. The Morgan fingerprint density at radius 2 is 1.96 bits per heavy atom. The van der Waals surface area contributed by atoms with Crippen molar-refractivity contribution >= 4 is 23.2 Å². The molecule has 1 fully saturated rings. The first-order chi connectivity index (χ1) is 13.0. The number of furan rings is 1. The van der Waals surface area contributed by atoms with Gasteiger partial charge in [-0.25, -0.2) is 0 Å². The van der Waals surface area contributed by atoms with Gasteiger partial charge in [0.15, 0.2) is 0 Å². The van der Waals surface area contributed by atoms with Crippen LogP contribution in [0.5, 0.6) is 0 Å². The number of piperazine rings is 1. The quantitative estimate of drug-likeness (QED) is 0.631. The van der Waals surface area contributed by atoms with Crippen molar-refractivity contribution in [3.63, 3.8) is 0 Å². The van der Waals surface area contributed by atoms with Crippen LogP contribution in [-0.4, -0.2) is 53.9 Å². The lowest BCUT2D eigenvalue weighted by atomic mass is 10.2. The first-order valence-corrected chi connectivity index (χ1v) is 8.57. The van der Waals surface area contributed by atoms with Gasteiger partial charge in [-0.1, -0.05) is 6.07 Å². The third kappa shape index (κ3) is 4.25. The number of hydrogen-bond donors (Lipinski definition) is 1. The van der Waals surface area contributed by atoms with Crippen molar-refractivity contribution in [3.8, 4) is 0 Å². The van der Waals surface area contributed by atoms with E-state index in [4.69, 9.17) is 4.42 Å². The number of non-ortho nitro benzene ring substituents is 1. The third-order valence-corrected chi connectivity index (χ3v) is 4.50. The summed E-state index contributed by atoms with van der Waals surface area (Å²) in [5, 5.41) is 13.6. The van der Waals surface area contributed by atoms with E-state index in [1.165, 1.54) is 30.7 Å². The summed E-state index contributed by atoms with van der Waals surface area (Å²) in [4.78, 5) is 38.8. The number of nitro groups is 1. The number of nitro benzene ring substituents is 1. The first kappa shape index (κ1) is 18.4. The Labute approximate surface area is 155 Å². The van der Waals surface area contributed by atoms with Gasteiger partial charge < -0.3 is 19.5 Å². The largest absolute Gasteiger partial charge is 0.472 e. The van der Waals surface area contributed by atoms with Crippen molar-refractivity contribution in [1.29, 1.82) is 0 Å². The smallest absolute Gasteiger partial charge is 0.271 e. The molecular formula is C18H20N4O5. The maximum Gasteiger partial charge on any atom is 0.271 e. The highest BCUT2D eigenvalue weighted by molar-refractivity contribution is 5.97. The summed E-state index contributed by atoms with van der Waals surface area (Å²) in [6.07, 6.45) is 2.72. The lowest BCUT2D eigenvalue weighted by molar-refractivity contribution is -0.384. The highest BCUT2D eigenvalue weighted by atomic mass is 16.6. The van der Waals surface area contributed by atoms with E-state index < -0.39 is 11.0 Å². The summed E-state index contributed by atoms with van der Waals surface area (Å²) in [6, 6.07) is 7.33. The molecule has 0 saturated carbocycles. The summed E-state index contributed by atoms with van der Waals surface area (Å²) in [5.74, 6) is -0.523. The zero-order chi connectivity index (χ0) is 19.4. The molecule has 0 bridgehead atoms. The molecule has 9 heteroatoms. The molecule has 1 aliphatic rings. The molecule has 2 amide bonds. The van der Waals surface area contributed by atoms with E-state index in [1.807, 2.05) is 11.0 Å². The van der Waals surface area contributed by atoms with Crippen molar-refractivity contribution in [1.82, 2.24) is 10.2 Å². The van der Waals surface area contributed by atoms with Crippen molar-refractivity contribution in [2.24, 2.45) is 0 Å². The van der Waals surface area contributed by atoms with Crippen molar-refractivity contribution in [3.05, 3.63) is 58.5 Å². The second kappa shape index (κ2) is 7.90. The van der Waals surface area contributed by atoms with Gasteiger partial charge in [-0.05, 0) is 19.1 Å². The highest BCUT2D eigenvalue weighted by Crippen LogP contribution is 2.22. The maximum atomic E-state index is 12.6. The molecular weight excluding hydrogens is 352 g/mol. The minimum Gasteiger partial charge on any atom is -0.472 e. The van der Waals surface area contributed by atoms with Crippen molar-refractivity contribution < 1.29 is 18.9 Å². The molecule has 1 atom stereocenters. The fraction of sp³-hybridized carbons (Fsp3) is 0.333. The molecule has 0 spiro atoms. The predicted molar refractivity (Wildman–Crippen MR) is 97.5 cm³/mol. The Morgan fingerprint density at radius 1 is 1.22 bits per heavy atom. The van der Waals surface area contributed by atoms with Gasteiger partial charge in [-0.2, -0.15) is 0 Å². The van der Waals surface area contributed by atoms with Gasteiger partial charge in [0.25, 0.3) is 11.6 Å². The van der Waals surface area contributed by atoms with E-state index in [1.54, 1.807) is 17.9 Å². The van der Waals surface area contributed by atoms with Gasteiger partial charge in [0.1, 0.15) is 12.3 Å². The standard InChI is InChI=1S/C18H20N4O5/c1-13(19-17(23)14-5-10-27-12-14)18(24)21-8-6-20(7-9-21)15-3-2-4-16(11-15)22(25)26/h2-5,10-13H,6-9H2,1H3,(H,19,23). The third-order valence-electron chi connectivity index (χ3n) is 4.50. The van der Waals surface area contributed by atoms with E-state index >= 15 is 0 Å². The van der Waals surface area contributed by atoms with Crippen LogP contribution in [-0.2, 0) is 4.79 Å². The molecule has 1 aliphatic heterocycles. The molecule has 1 aromatic heterocycles. The Balaban J connectivity index is 1.55. The van der Waals surface area contributed by atoms with Crippen LogP contribution in [0, 0.1) is 10.1 Å². The molecule has 3 rings (SSSR count). The van der Waals surface area contributed by atoms with Crippen LogP contribution in [0.15, 0.2) is 47.3 Å². The summed E-state index contributed by atoms with van der Waals surface area (Å²) in [5.41, 5.74) is 1.17. The Morgan fingerprint density at radius 3 is 2.59 bits per heavy atom. The second-order valence-electron chi connectivity index (χ2n) is 6.30. The zero-order valence-corrected chi connectivity index (χ0v) is 14.8. The molecule has 2 heterocycles. The minimum atomic E-state index is -0.656. The number of rotatable bonds is 5. The van der Waals surface area contributed by atoms with Crippen molar-refractivity contribution in [2.75, 3.05) is 31.1 Å². The molecule has 142 valence electrons. The van der Waals surface area contributed by atoms with Crippen LogP contribution in [0.25, 0.3) is 0 Å². The molecule has 1 unspecified atom stereocenters. The van der Waals surface area contributed by atoms with E-state index in [0.29, 0.717) is 31.7 Å². The molecule has 0 aliphatic carbocycles. The number of anilines is 1. The number of nitrogens with zero attached hydrogens (tertiary/aromatic N) is 3. The zero-order valence-electron chi connectivity index (χ0n) is 14.8. The lowest BCUT2D eigenvalue weighted by Crippen LogP contribution is -2.54. The minimum absolute atomic E-state index is 0.0431. The summed E-state index contributed by atoms with van der Waals surface area (Å²) >= 11 is 0. The average molecular weight is 372 g/mol. The monoisotopic (exact) mass is 372 g/mol. The molecule has 1 N–H and O–H groups in total. The number of carbonyl (C=O) groups is 2. The fourth-order valence-electron chi connectivity index (χ4n) is 3.00. The number of nitrogens with one attached hydrogen (secondary N) is 1. The van der Waals surface area contributed by atoms with Crippen LogP contribution in [0.3, 0.4) is 0 Å². The van der Waals surface area contributed by atoms with Crippen LogP contribution >= 0.6 is 0 Å². The van der Waals surface area contributed by atoms with Gasteiger partial charge in [0.2, 0.25) is 5.91 Å². The van der Waals surface area contributed by atoms with E-state index in [9.17, 15) is 19.7 Å². The van der Waals surface area contributed by atoms with Gasteiger partial charge in [0.05, 0.1) is 16.7 Å². The normalized spacial score (nSPS) is 15.3. The van der Waals surface area contributed by atoms with Gasteiger partial charge in [-0.15, -0.1) is 0 Å². The number of carbonyl (C=O) groups excluding carboxylic acids is 2. The van der Waals surface area contributed by atoms with Gasteiger partial charge in [0, 0.05) is 44.0 Å². The second-order valence-corrected chi connectivity index (χ2v) is 6.30. The Hall–Kier alpha value is -3.36. The van der Waals surface area contributed by atoms with E-state index in [-0.39, 0.29) is 17.5 Å². The number of amides is 2. The highest BCUT2D eigenvalue weighted by Gasteiger charge is 2.26. The fourth-order valence-corrected chi connectivity index (χ4v) is 3.00. The van der Waals surface area contributed by atoms with Crippen LogP contribution in [0.4, 0.5) is 11.4 Å². The molecule has 1 aromatic carbocycles. The summed E-state index contributed by atoms with van der Waals surface area (Å²) in [6.45, 7) is 3.73. The van der Waals surface area contributed by atoms with E-state index in [0.717, 1.165) is 5.69 Å². The number of benzene rings is 1. The summed E-state index contributed by atoms with van der Waals surface area (Å²) < 4.78 is 4.87. The van der Waals surface area contributed by atoms with Gasteiger partial charge in [-0.3, -0.25) is 19.7 Å². The Kier molecular flexibility index (Phi) is 5.39. The molecule has 0 radical (unpaired) electrons. The van der Waals surface area contributed by atoms with Crippen LogP contribution < -0.4 is 10.2 Å². The predicted octanol–water partition coefficient (Wildman–Crippen LogP) is 1.65. The topological polar surface area (TPSA) is 109 Å². The molecule has 9 nitrogen and oxygen atoms in total. The first-order valence-electron chi connectivity index (χ1n) is 8.57. The maximum absolute atomic E-state index is 12.6. The SMILES string of the molecule is CC(NC(=O)c1ccoc1)C(=O)N1CCN(c2cccc([N+](=O)[O-])c2)CC1. The molecule has 2 aromatic rings. The van der Waals surface area contributed by atoms with E-state index in [2.05, 4.69) is 5.32 Å². The molecule has 27 heavy (non-hydrogen) atoms. The average Bonchev–Trinajstić information content (AvgIpc) is 3.22. The van der Waals surface area contributed by atoms with Crippen LogP contribution in [0.2, 0.25) is 0 Å². The van der Waals surface area contributed by atoms with Crippen LogP contribution in [0.1, 0.15) is 17.3 Å². The van der Waals surface area contributed by atoms with Crippen molar-refractivity contribution in [2.45, 2.75) is 13.0 Å². The molecule has 1 saturated heterocycles. The number of hydrogen-bond acceptors (Lipinski definition) is 6. The Bertz CT molecular complexity index is 828. The lowest BCUT2D eigenvalue weighted by Gasteiger charge is -2.37. The van der Waals surface area contributed by atoms with Gasteiger partial charge >= 0.3 is 0 Å².